The second kappa shape index (κ2) is 5.24. The van der Waals surface area contributed by atoms with Crippen molar-refractivity contribution in [2.24, 2.45) is 0 Å². The molecule has 0 radical (unpaired) electrons. The van der Waals surface area contributed by atoms with Crippen molar-refractivity contribution >= 4 is 22.7 Å². The second-order valence-electron chi connectivity index (χ2n) is 5.58. The van der Waals surface area contributed by atoms with Crippen LogP contribution >= 0.6 is 0 Å². The molecule has 0 atom stereocenters. The van der Waals surface area contributed by atoms with Crippen LogP contribution in [0.25, 0.3) is 10.9 Å². The van der Waals surface area contributed by atoms with Gasteiger partial charge in [0, 0.05) is 36.2 Å². The Bertz CT molecular complexity index is 697. The van der Waals surface area contributed by atoms with Gasteiger partial charge in [-0.15, -0.1) is 0 Å². The fourth-order valence-electron chi connectivity index (χ4n) is 3.16. The third-order valence-corrected chi connectivity index (χ3v) is 4.30. The molecule has 0 aliphatic carbocycles. The van der Waals surface area contributed by atoms with E-state index in [-0.39, 0.29) is 0 Å². The predicted octanol–water partition coefficient (Wildman–Crippen LogP) is 2.97. The van der Waals surface area contributed by atoms with Crippen LogP contribution in [0.5, 0.6) is 0 Å². The lowest BCUT2D eigenvalue weighted by atomic mass is 10.0. The van der Waals surface area contributed by atoms with Crippen molar-refractivity contribution in [1.29, 1.82) is 5.41 Å². The standard InChI is InChI=1S/C16H19N3O2/c1-11(17)18-8-6-12(7-9-18)19-10-14(16(20)21)13-4-2-3-5-15(13)19/h2-5,10,12,17H,6-9H2,1H3,(H,20,21). The normalized spacial score (nSPS) is 16.3. The molecular weight excluding hydrogens is 266 g/mol. The maximum absolute atomic E-state index is 11.4. The molecule has 0 amide bonds. The zero-order chi connectivity index (χ0) is 15.0. The average Bonchev–Trinajstić information content (AvgIpc) is 2.87. The zero-order valence-electron chi connectivity index (χ0n) is 12.0. The molecule has 5 heteroatoms. The molecule has 2 heterocycles. The number of hydrogen-bond acceptors (Lipinski definition) is 2. The van der Waals surface area contributed by atoms with Crippen molar-refractivity contribution in [2.45, 2.75) is 25.8 Å². The molecule has 0 saturated carbocycles. The number of para-hydroxylation sites is 1. The summed E-state index contributed by atoms with van der Waals surface area (Å²) in [5.41, 5.74) is 1.36. The molecule has 1 saturated heterocycles. The van der Waals surface area contributed by atoms with Gasteiger partial charge in [-0.05, 0) is 25.8 Å². The van der Waals surface area contributed by atoms with Gasteiger partial charge >= 0.3 is 5.97 Å². The number of fused-ring (bicyclic) bond motifs is 1. The van der Waals surface area contributed by atoms with Crippen LogP contribution in [0.2, 0.25) is 0 Å². The van der Waals surface area contributed by atoms with Crippen LogP contribution in [-0.4, -0.2) is 39.5 Å². The molecule has 1 aromatic carbocycles. The van der Waals surface area contributed by atoms with E-state index in [1.807, 2.05) is 31.2 Å². The van der Waals surface area contributed by atoms with Crippen LogP contribution in [0.15, 0.2) is 30.5 Å². The molecule has 1 fully saturated rings. The Labute approximate surface area is 123 Å². The van der Waals surface area contributed by atoms with Crippen LogP contribution in [-0.2, 0) is 0 Å². The van der Waals surface area contributed by atoms with Gasteiger partial charge in [0.15, 0.2) is 0 Å². The molecule has 1 aliphatic rings. The van der Waals surface area contributed by atoms with E-state index in [4.69, 9.17) is 5.41 Å². The van der Waals surface area contributed by atoms with Gasteiger partial charge in [0.2, 0.25) is 0 Å². The van der Waals surface area contributed by atoms with Crippen molar-refractivity contribution in [3.63, 3.8) is 0 Å². The zero-order valence-corrected chi connectivity index (χ0v) is 12.0. The van der Waals surface area contributed by atoms with Gasteiger partial charge in [-0.2, -0.15) is 0 Å². The molecule has 0 spiro atoms. The fraction of sp³-hybridized carbons (Fsp3) is 0.375. The minimum Gasteiger partial charge on any atom is -0.478 e. The SMILES string of the molecule is CC(=N)N1CCC(n2cc(C(=O)O)c3ccccc32)CC1. The topological polar surface area (TPSA) is 69.3 Å². The Kier molecular flexibility index (Phi) is 3.41. The molecule has 0 bridgehead atoms. The summed E-state index contributed by atoms with van der Waals surface area (Å²) in [5, 5.41) is 17.9. The number of likely N-dealkylation sites (tertiary alicyclic amines) is 1. The smallest absolute Gasteiger partial charge is 0.337 e. The van der Waals surface area contributed by atoms with Gasteiger partial charge < -0.3 is 14.6 Å². The first-order valence-electron chi connectivity index (χ1n) is 7.21. The summed E-state index contributed by atoms with van der Waals surface area (Å²) in [7, 11) is 0. The van der Waals surface area contributed by atoms with E-state index in [1.54, 1.807) is 6.20 Å². The molecule has 1 aliphatic heterocycles. The van der Waals surface area contributed by atoms with Crippen LogP contribution in [0, 0.1) is 5.41 Å². The predicted molar refractivity (Wildman–Crippen MR) is 82.1 cm³/mol. The lowest BCUT2D eigenvalue weighted by molar-refractivity contribution is 0.0698. The van der Waals surface area contributed by atoms with Crippen LogP contribution in [0.3, 0.4) is 0 Å². The Morgan fingerprint density at radius 1 is 1.29 bits per heavy atom. The first-order valence-corrected chi connectivity index (χ1v) is 7.21. The molecule has 1 aromatic heterocycles. The van der Waals surface area contributed by atoms with Gasteiger partial charge in [-0.3, -0.25) is 5.41 Å². The highest BCUT2D eigenvalue weighted by Crippen LogP contribution is 2.30. The van der Waals surface area contributed by atoms with Gasteiger partial charge in [-0.25, -0.2) is 4.79 Å². The monoisotopic (exact) mass is 285 g/mol. The summed E-state index contributed by atoms with van der Waals surface area (Å²) in [6, 6.07) is 7.97. The number of aromatic carboxylic acids is 1. The molecule has 5 nitrogen and oxygen atoms in total. The number of hydrogen-bond donors (Lipinski definition) is 2. The van der Waals surface area contributed by atoms with E-state index in [9.17, 15) is 9.90 Å². The quantitative estimate of drug-likeness (QED) is 0.658. The van der Waals surface area contributed by atoms with Crippen LogP contribution < -0.4 is 0 Å². The largest absolute Gasteiger partial charge is 0.478 e. The number of nitrogens with one attached hydrogen (secondary N) is 1. The highest BCUT2D eigenvalue weighted by atomic mass is 16.4. The third kappa shape index (κ3) is 2.39. The van der Waals surface area contributed by atoms with Crippen molar-refractivity contribution < 1.29 is 9.90 Å². The van der Waals surface area contributed by atoms with Gasteiger partial charge in [-0.1, -0.05) is 18.2 Å². The molecule has 2 N–H and O–H groups in total. The summed E-state index contributed by atoms with van der Waals surface area (Å²) in [6.45, 7) is 3.53. The maximum Gasteiger partial charge on any atom is 0.337 e. The Balaban J connectivity index is 1.95. The summed E-state index contributed by atoms with van der Waals surface area (Å²) in [4.78, 5) is 13.5. The highest BCUT2D eigenvalue weighted by Gasteiger charge is 2.23. The second-order valence-corrected chi connectivity index (χ2v) is 5.58. The number of aromatic nitrogens is 1. The molecular formula is C16H19N3O2. The number of carbonyl (C=O) groups is 1. The summed E-state index contributed by atoms with van der Waals surface area (Å²) in [5.74, 6) is -0.269. The van der Waals surface area contributed by atoms with E-state index >= 15 is 0 Å². The summed E-state index contributed by atoms with van der Waals surface area (Å²) < 4.78 is 2.11. The van der Waals surface area contributed by atoms with Crippen LogP contribution in [0.1, 0.15) is 36.2 Å². The average molecular weight is 285 g/mol. The van der Waals surface area contributed by atoms with Crippen molar-refractivity contribution in [1.82, 2.24) is 9.47 Å². The minimum absolute atomic E-state index is 0.304. The maximum atomic E-state index is 11.4. The first-order chi connectivity index (χ1) is 10.1. The number of amidine groups is 1. The van der Waals surface area contributed by atoms with Crippen molar-refractivity contribution in [3.8, 4) is 0 Å². The number of carboxylic acids is 1. The van der Waals surface area contributed by atoms with E-state index in [2.05, 4.69) is 9.47 Å². The van der Waals surface area contributed by atoms with Gasteiger partial charge in [0.05, 0.1) is 11.4 Å². The fourth-order valence-corrected chi connectivity index (χ4v) is 3.16. The van der Waals surface area contributed by atoms with E-state index < -0.39 is 5.97 Å². The minimum atomic E-state index is -0.877. The number of benzene rings is 1. The lowest BCUT2D eigenvalue weighted by Crippen LogP contribution is -2.37. The number of nitrogens with zero attached hydrogens (tertiary/aromatic N) is 2. The molecule has 3 rings (SSSR count). The molecule has 0 unspecified atom stereocenters. The third-order valence-electron chi connectivity index (χ3n) is 4.30. The number of rotatable bonds is 2. The molecule has 110 valence electrons. The number of piperidine rings is 1. The first kappa shape index (κ1) is 13.7. The van der Waals surface area contributed by atoms with Crippen LogP contribution in [0.4, 0.5) is 0 Å². The van der Waals surface area contributed by atoms with Crippen molar-refractivity contribution in [2.75, 3.05) is 13.1 Å². The Hall–Kier alpha value is -2.30. The van der Waals surface area contributed by atoms with E-state index in [0.29, 0.717) is 17.4 Å². The van der Waals surface area contributed by atoms with Gasteiger partial charge in [0.1, 0.15) is 0 Å². The van der Waals surface area contributed by atoms with E-state index in [0.717, 1.165) is 36.8 Å². The van der Waals surface area contributed by atoms with Crippen molar-refractivity contribution in [3.05, 3.63) is 36.0 Å². The highest BCUT2D eigenvalue weighted by molar-refractivity contribution is 6.03. The molecule has 21 heavy (non-hydrogen) atoms. The lowest BCUT2D eigenvalue weighted by Gasteiger charge is -2.33. The summed E-state index contributed by atoms with van der Waals surface area (Å²) in [6.07, 6.45) is 3.65. The van der Waals surface area contributed by atoms with E-state index in [1.165, 1.54) is 0 Å². The summed E-state index contributed by atoms with van der Waals surface area (Å²) >= 11 is 0. The number of carboxylic acid groups (broad SMARTS) is 1. The van der Waals surface area contributed by atoms with Gasteiger partial charge in [0.25, 0.3) is 0 Å². The Morgan fingerprint density at radius 3 is 2.57 bits per heavy atom. The molecule has 2 aromatic rings. The Morgan fingerprint density at radius 2 is 1.95 bits per heavy atom.